The molecule has 1 saturated carbocycles. The molecule has 2 aliphatic rings. The van der Waals surface area contributed by atoms with Crippen molar-refractivity contribution in [3.05, 3.63) is 59.9 Å². The number of carbonyl (C=O) groups excluding carboxylic acids is 1. The van der Waals surface area contributed by atoms with E-state index in [-0.39, 0.29) is 24.0 Å². The minimum absolute atomic E-state index is 0.0160. The summed E-state index contributed by atoms with van der Waals surface area (Å²) < 4.78 is 5.86. The molecule has 30 heavy (non-hydrogen) atoms. The molecule has 2 atom stereocenters. The van der Waals surface area contributed by atoms with E-state index < -0.39 is 0 Å². The van der Waals surface area contributed by atoms with Crippen LogP contribution in [0.15, 0.2) is 48.7 Å². The number of ether oxygens (including phenoxy) is 1. The Morgan fingerprint density at radius 3 is 2.80 bits per heavy atom. The summed E-state index contributed by atoms with van der Waals surface area (Å²) in [5, 5.41) is 3.33. The van der Waals surface area contributed by atoms with Gasteiger partial charge < -0.3 is 10.1 Å². The van der Waals surface area contributed by atoms with Crippen LogP contribution in [0.1, 0.15) is 56.8 Å². The molecule has 2 aromatic rings. The zero-order valence-corrected chi connectivity index (χ0v) is 18.1. The molecular weight excluding hydrogens is 374 g/mol. The molecule has 1 amide bonds. The maximum Gasteiger partial charge on any atom is 0.223 e. The molecule has 2 fully saturated rings. The van der Waals surface area contributed by atoms with Gasteiger partial charge in [-0.05, 0) is 81.8 Å². The number of piperidine rings is 1. The monoisotopic (exact) mass is 407 g/mol. The van der Waals surface area contributed by atoms with Crippen LogP contribution in [-0.4, -0.2) is 35.0 Å². The second-order valence-electron chi connectivity index (χ2n) is 8.97. The van der Waals surface area contributed by atoms with Crippen LogP contribution in [0.3, 0.4) is 0 Å². The van der Waals surface area contributed by atoms with Crippen LogP contribution in [0.5, 0.6) is 5.75 Å². The lowest BCUT2D eigenvalue weighted by atomic mass is 9.88. The summed E-state index contributed by atoms with van der Waals surface area (Å²) in [6.07, 6.45) is 6.29. The first-order valence-corrected chi connectivity index (χ1v) is 11.3. The SMILES string of the molecule is CC(C)Oc1cccc(CN2CCCC(C(NC(=O)C3CC3)c3ccccn3)C2)c1. The summed E-state index contributed by atoms with van der Waals surface area (Å²) in [6.45, 7) is 7.04. The van der Waals surface area contributed by atoms with Crippen molar-refractivity contribution in [3.8, 4) is 5.75 Å². The molecule has 1 saturated heterocycles. The van der Waals surface area contributed by atoms with Crippen molar-refractivity contribution in [2.75, 3.05) is 13.1 Å². The molecule has 5 nitrogen and oxygen atoms in total. The number of benzene rings is 1. The molecule has 1 aromatic heterocycles. The van der Waals surface area contributed by atoms with Gasteiger partial charge in [0.1, 0.15) is 5.75 Å². The highest BCUT2D eigenvalue weighted by atomic mass is 16.5. The predicted octanol–water partition coefficient (Wildman–Crippen LogP) is 4.35. The van der Waals surface area contributed by atoms with Gasteiger partial charge in [-0.25, -0.2) is 0 Å². The number of carbonyl (C=O) groups is 1. The van der Waals surface area contributed by atoms with Gasteiger partial charge in [0, 0.05) is 25.2 Å². The van der Waals surface area contributed by atoms with Crippen molar-refractivity contribution in [3.63, 3.8) is 0 Å². The Hall–Kier alpha value is -2.40. The number of likely N-dealkylation sites (tertiary alicyclic amines) is 1. The van der Waals surface area contributed by atoms with Gasteiger partial charge in [0.2, 0.25) is 5.91 Å². The normalized spacial score (nSPS) is 20.7. The molecule has 1 aromatic carbocycles. The molecule has 1 N–H and O–H groups in total. The molecule has 2 heterocycles. The topological polar surface area (TPSA) is 54.5 Å². The number of rotatable bonds is 8. The highest BCUT2D eigenvalue weighted by molar-refractivity contribution is 5.81. The summed E-state index contributed by atoms with van der Waals surface area (Å²) in [5.74, 6) is 1.70. The van der Waals surface area contributed by atoms with Crippen molar-refractivity contribution < 1.29 is 9.53 Å². The first-order chi connectivity index (χ1) is 14.6. The zero-order valence-electron chi connectivity index (χ0n) is 18.1. The van der Waals surface area contributed by atoms with Gasteiger partial charge in [0.25, 0.3) is 0 Å². The molecule has 1 aliphatic heterocycles. The summed E-state index contributed by atoms with van der Waals surface area (Å²) in [7, 11) is 0. The van der Waals surface area contributed by atoms with Crippen LogP contribution >= 0.6 is 0 Å². The fourth-order valence-electron chi connectivity index (χ4n) is 4.36. The van der Waals surface area contributed by atoms with Crippen LogP contribution in [0.25, 0.3) is 0 Å². The smallest absolute Gasteiger partial charge is 0.223 e. The molecule has 4 rings (SSSR count). The van der Waals surface area contributed by atoms with Gasteiger partial charge in [0.05, 0.1) is 17.8 Å². The van der Waals surface area contributed by atoms with E-state index in [0.29, 0.717) is 5.92 Å². The van der Waals surface area contributed by atoms with Crippen molar-refractivity contribution in [2.24, 2.45) is 11.8 Å². The van der Waals surface area contributed by atoms with Crippen molar-refractivity contribution in [2.45, 2.75) is 58.2 Å². The Labute approximate surface area is 179 Å². The standard InChI is InChI=1S/C25H33N3O2/c1-18(2)30-22-9-5-7-19(15-22)16-28-14-6-8-21(17-28)24(23-10-3-4-13-26-23)27-25(29)20-11-12-20/h3-5,7,9-10,13,15,18,20-21,24H,6,8,11-12,14,16-17H2,1-2H3,(H,27,29). The number of amides is 1. The molecule has 2 unspecified atom stereocenters. The lowest BCUT2D eigenvalue weighted by Gasteiger charge is -2.37. The number of pyridine rings is 1. The molecule has 0 spiro atoms. The number of hydrogen-bond acceptors (Lipinski definition) is 4. The van der Waals surface area contributed by atoms with Gasteiger partial charge in [-0.1, -0.05) is 18.2 Å². The van der Waals surface area contributed by atoms with Gasteiger partial charge in [0.15, 0.2) is 0 Å². The van der Waals surface area contributed by atoms with Gasteiger partial charge in [-0.15, -0.1) is 0 Å². The number of aromatic nitrogens is 1. The highest BCUT2D eigenvalue weighted by Gasteiger charge is 2.35. The predicted molar refractivity (Wildman–Crippen MR) is 118 cm³/mol. The third kappa shape index (κ3) is 5.60. The number of hydrogen-bond donors (Lipinski definition) is 1. The first kappa shape index (κ1) is 20.9. The average Bonchev–Trinajstić information content (AvgIpc) is 3.58. The van der Waals surface area contributed by atoms with Crippen LogP contribution in [-0.2, 0) is 11.3 Å². The van der Waals surface area contributed by atoms with Gasteiger partial charge in [-0.2, -0.15) is 0 Å². The highest BCUT2D eigenvalue weighted by Crippen LogP contribution is 2.33. The van der Waals surface area contributed by atoms with Crippen molar-refractivity contribution in [1.82, 2.24) is 15.2 Å². The Kier molecular flexibility index (Phi) is 6.68. The van der Waals surface area contributed by atoms with Crippen LogP contribution in [0, 0.1) is 11.8 Å². The van der Waals surface area contributed by atoms with Gasteiger partial charge >= 0.3 is 0 Å². The quantitative estimate of drug-likeness (QED) is 0.707. The zero-order chi connectivity index (χ0) is 20.9. The van der Waals surface area contributed by atoms with E-state index >= 15 is 0 Å². The maximum atomic E-state index is 12.6. The Morgan fingerprint density at radius 2 is 2.07 bits per heavy atom. The van der Waals surface area contributed by atoms with Gasteiger partial charge in [-0.3, -0.25) is 14.7 Å². The molecule has 0 radical (unpaired) electrons. The van der Waals surface area contributed by atoms with E-state index in [4.69, 9.17) is 4.74 Å². The summed E-state index contributed by atoms with van der Waals surface area (Å²) in [4.78, 5) is 19.7. The summed E-state index contributed by atoms with van der Waals surface area (Å²) in [6, 6.07) is 14.4. The van der Waals surface area contributed by atoms with E-state index in [9.17, 15) is 4.79 Å². The molecule has 160 valence electrons. The number of nitrogens with one attached hydrogen (secondary N) is 1. The lowest BCUT2D eigenvalue weighted by molar-refractivity contribution is -0.123. The second kappa shape index (κ2) is 9.61. The maximum absolute atomic E-state index is 12.6. The van der Waals surface area contributed by atoms with E-state index in [2.05, 4.69) is 47.2 Å². The van der Waals surface area contributed by atoms with Crippen LogP contribution in [0.4, 0.5) is 0 Å². The van der Waals surface area contributed by atoms with E-state index in [1.807, 2.05) is 30.5 Å². The number of nitrogens with zero attached hydrogens (tertiary/aromatic N) is 2. The minimum Gasteiger partial charge on any atom is -0.491 e. The second-order valence-corrected chi connectivity index (χ2v) is 8.97. The molecule has 0 bridgehead atoms. The lowest BCUT2D eigenvalue weighted by Crippen LogP contribution is -2.43. The first-order valence-electron chi connectivity index (χ1n) is 11.3. The minimum atomic E-state index is -0.0160. The third-order valence-electron chi connectivity index (χ3n) is 5.94. The fourth-order valence-corrected chi connectivity index (χ4v) is 4.36. The average molecular weight is 408 g/mol. The van der Waals surface area contributed by atoms with Crippen LogP contribution in [0.2, 0.25) is 0 Å². The Balaban J connectivity index is 1.45. The summed E-state index contributed by atoms with van der Waals surface area (Å²) >= 11 is 0. The van der Waals surface area contributed by atoms with Crippen molar-refractivity contribution in [1.29, 1.82) is 0 Å². The molecule has 1 aliphatic carbocycles. The fraction of sp³-hybridized carbons (Fsp3) is 0.520. The molecular formula is C25H33N3O2. The van der Waals surface area contributed by atoms with E-state index in [0.717, 1.165) is 56.8 Å². The summed E-state index contributed by atoms with van der Waals surface area (Å²) in [5.41, 5.74) is 2.25. The van der Waals surface area contributed by atoms with Crippen LogP contribution < -0.4 is 10.1 Å². The van der Waals surface area contributed by atoms with E-state index in [1.54, 1.807) is 0 Å². The Bertz CT molecular complexity index is 835. The van der Waals surface area contributed by atoms with E-state index in [1.165, 1.54) is 5.56 Å². The third-order valence-corrected chi connectivity index (χ3v) is 5.94. The molecule has 5 heteroatoms. The van der Waals surface area contributed by atoms with Crippen molar-refractivity contribution >= 4 is 5.91 Å². The largest absolute Gasteiger partial charge is 0.491 e. The Morgan fingerprint density at radius 1 is 1.20 bits per heavy atom.